The Morgan fingerprint density at radius 2 is 1.85 bits per heavy atom. The molecule has 2 aromatic rings. The monoisotopic (exact) mass is 365 g/mol. The molecule has 27 heavy (non-hydrogen) atoms. The first-order chi connectivity index (χ1) is 13.1. The first-order valence-corrected chi connectivity index (χ1v) is 9.88. The van der Waals surface area contributed by atoms with E-state index in [1.165, 1.54) is 32.1 Å². The summed E-state index contributed by atoms with van der Waals surface area (Å²) in [6.07, 6.45) is 12.6. The minimum Gasteiger partial charge on any atom is -0.353 e. The number of guanidine groups is 1. The lowest BCUT2D eigenvalue weighted by Gasteiger charge is -2.23. The summed E-state index contributed by atoms with van der Waals surface area (Å²) < 4.78 is 1.80. The maximum Gasteiger partial charge on any atom is 0.279 e. The molecule has 1 fully saturated rings. The normalized spacial score (nSPS) is 20.8. The molecular formula is C21H27N5O. The van der Waals surface area contributed by atoms with Crippen LogP contribution in [0.2, 0.25) is 0 Å². The highest BCUT2D eigenvalue weighted by atomic mass is 16.2. The number of aliphatic imine (C=N–C) groups is 1. The van der Waals surface area contributed by atoms with Crippen molar-refractivity contribution in [1.82, 2.24) is 20.0 Å². The highest BCUT2D eigenvalue weighted by Gasteiger charge is 2.28. The van der Waals surface area contributed by atoms with E-state index in [4.69, 9.17) is 0 Å². The van der Waals surface area contributed by atoms with Crippen LogP contribution in [-0.2, 0) is 11.8 Å². The minimum atomic E-state index is -0.0605. The number of amides is 1. The van der Waals surface area contributed by atoms with Crippen LogP contribution >= 0.6 is 0 Å². The van der Waals surface area contributed by atoms with E-state index in [9.17, 15) is 4.79 Å². The van der Waals surface area contributed by atoms with E-state index in [-0.39, 0.29) is 5.91 Å². The van der Waals surface area contributed by atoms with Gasteiger partial charge in [0.05, 0.1) is 5.52 Å². The zero-order valence-corrected chi connectivity index (χ0v) is 16.1. The van der Waals surface area contributed by atoms with Crippen molar-refractivity contribution < 1.29 is 4.79 Å². The Morgan fingerprint density at radius 1 is 1.11 bits per heavy atom. The molecule has 0 atom stereocenters. The van der Waals surface area contributed by atoms with Gasteiger partial charge in [0.25, 0.3) is 5.91 Å². The van der Waals surface area contributed by atoms with Gasteiger partial charge in [0, 0.05) is 31.7 Å². The van der Waals surface area contributed by atoms with Gasteiger partial charge in [-0.1, -0.05) is 38.2 Å². The molecule has 0 bridgehead atoms. The average molecular weight is 365 g/mol. The quantitative estimate of drug-likeness (QED) is 0.829. The number of aryl methyl sites for hydroxylation is 1. The molecule has 2 aliphatic rings. The number of hydrogen-bond acceptors (Lipinski definition) is 4. The molecule has 0 radical (unpaired) electrons. The fourth-order valence-electron chi connectivity index (χ4n) is 3.93. The van der Waals surface area contributed by atoms with E-state index < -0.39 is 0 Å². The van der Waals surface area contributed by atoms with Gasteiger partial charge in [0.15, 0.2) is 0 Å². The fraction of sp³-hybridized carbons (Fsp3) is 0.476. The van der Waals surface area contributed by atoms with Gasteiger partial charge in [-0.2, -0.15) is 5.10 Å². The van der Waals surface area contributed by atoms with Gasteiger partial charge in [-0.05, 0) is 36.6 Å². The van der Waals surface area contributed by atoms with Crippen LogP contribution in [0.15, 0.2) is 35.1 Å². The molecule has 1 aliphatic heterocycles. The molecule has 1 aromatic carbocycles. The average Bonchev–Trinajstić information content (AvgIpc) is 3.11. The van der Waals surface area contributed by atoms with Crippen molar-refractivity contribution in [3.8, 4) is 0 Å². The Kier molecular flexibility index (Phi) is 4.97. The van der Waals surface area contributed by atoms with Crippen molar-refractivity contribution in [3.63, 3.8) is 0 Å². The molecule has 0 spiro atoms. The van der Waals surface area contributed by atoms with Gasteiger partial charge >= 0.3 is 0 Å². The third kappa shape index (κ3) is 3.89. The van der Waals surface area contributed by atoms with Crippen molar-refractivity contribution in [2.45, 2.75) is 51.0 Å². The molecule has 0 saturated heterocycles. The molecule has 6 heteroatoms. The smallest absolute Gasteiger partial charge is 0.279 e. The summed E-state index contributed by atoms with van der Waals surface area (Å²) >= 11 is 0. The lowest BCUT2D eigenvalue weighted by atomic mass is 9.97. The lowest BCUT2D eigenvalue weighted by molar-refractivity contribution is -0.121. The van der Waals surface area contributed by atoms with Crippen LogP contribution in [0.4, 0.5) is 0 Å². The molecule has 6 nitrogen and oxygen atoms in total. The number of hydrogen-bond donors (Lipinski definition) is 1. The number of carbonyl (C=O) groups excluding carboxylic acids is 1. The summed E-state index contributed by atoms with van der Waals surface area (Å²) in [5.74, 6) is 0.619. The van der Waals surface area contributed by atoms with E-state index in [1.807, 2.05) is 37.5 Å². The predicted octanol–water partition coefficient (Wildman–Crippen LogP) is 3.44. The first kappa shape index (κ1) is 17.8. The summed E-state index contributed by atoms with van der Waals surface area (Å²) in [4.78, 5) is 18.9. The Morgan fingerprint density at radius 3 is 2.63 bits per heavy atom. The standard InChI is InChI=1S/C21H27N5O/c1-25-14-16-12-15(10-11-18(16)24-25)13-19-20(27)26(2)21(23-19)22-17-8-6-4-3-5-7-9-17/h10-14,17H,3-9H2,1-2H3,(H,22,23)/b19-13-. The fourth-order valence-corrected chi connectivity index (χ4v) is 3.93. The van der Waals surface area contributed by atoms with E-state index in [0.29, 0.717) is 17.7 Å². The lowest BCUT2D eigenvalue weighted by Crippen LogP contribution is -2.43. The van der Waals surface area contributed by atoms with Crippen LogP contribution in [0.25, 0.3) is 17.0 Å². The van der Waals surface area contributed by atoms with Crippen molar-refractivity contribution in [2.75, 3.05) is 7.05 Å². The maximum absolute atomic E-state index is 12.6. The van der Waals surface area contributed by atoms with Gasteiger partial charge in [-0.25, -0.2) is 4.99 Å². The van der Waals surface area contributed by atoms with Gasteiger partial charge in [-0.15, -0.1) is 0 Å². The zero-order valence-electron chi connectivity index (χ0n) is 16.1. The van der Waals surface area contributed by atoms with Crippen LogP contribution in [0.5, 0.6) is 0 Å². The van der Waals surface area contributed by atoms with Crippen LogP contribution in [0.1, 0.15) is 50.5 Å². The number of benzene rings is 1. The number of nitrogens with zero attached hydrogens (tertiary/aromatic N) is 4. The number of rotatable bonds is 2. The SMILES string of the molecule is CN1C(=O)/C(=C/c2ccc3nn(C)cc3c2)N=C1NC1CCCCCCC1. The molecule has 4 rings (SSSR count). The van der Waals surface area contributed by atoms with E-state index in [2.05, 4.69) is 15.4 Å². The van der Waals surface area contributed by atoms with Crippen LogP contribution < -0.4 is 5.32 Å². The third-order valence-corrected chi connectivity index (χ3v) is 5.45. The Labute approximate surface area is 159 Å². The van der Waals surface area contributed by atoms with Crippen molar-refractivity contribution in [3.05, 3.63) is 35.7 Å². The Bertz CT molecular complexity index is 902. The molecule has 1 N–H and O–H groups in total. The van der Waals surface area contributed by atoms with Gasteiger partial charge < -0.3 is 5.32 Å². The second kappa shape index (κ2) is 7.55. The minimum absolute atomic E-state index is 0.0605. The third-order valence-electron chi connectivity index (χ3n) is 5.45. The second-order valence-electron chi connectivity index (χ2n) is 7.64. The van der Waals surface area contributed by atoms with Crippen molar-refractivity contribution in [2.24, 2.45) is 12.0 Å². The first-order valence-electron chi connectivity index (χ1n) is 9.88. The second-order valence-corrected chi connectivity index (χ2v) is 7.64. The van der Waals surface area contributed by atoms with Crippen molar-refractivity contribution >= 4 is 28.8 Å². The van der Waals surface area contributed by atoms with E-state index in [0.717, 1.165) is 29.3 Å². The summed E-state index contributed by atoms with van der Waals surface area (Å²) in [5.41, 5.74) is 2.39. The highest BCUT2D eigenvalue weighted by molar-refractivity contribution is 6.13. The maximum atomic E-state index is 12.6. The van der Waals surface area contributed by atoms with Crippen LogP contribution in [0, 0.1) is 0 Å². The Balaban J connectivity index is 1.54. The number of carbonyl (C=O) groups is 1. The molecule has 1 amide bonds. The molecule has 2 heterocycles. The summed E-state index contributed by atoms with van der Waals surface area (Å²) in [6, 6.07) is 6.40. The van der Waals surface area contributed by atoms with Crippen LogP contribution in [0.3, 0.4) is 0 Å². The molecule has 142 valence electrons. The summed E-state index contributed by atoms with van der Waals surface area (Å²) in [7, 11) is 3.70. The zero-order chi connectivity index (χ0) is 18.8. The molecular weight excluding hydrogens is 338 g/mol. The number of fused-ring (bicyclic) bond motifs is 1. The van der Waals surface area contributed by atoms with Gasteiger partial charge in [0.1, 0.15) is 5.70 Å². The summed E-state index contributed by atoms with van der Waals surface area (Å²) in [5, 5.41) is 8.96. The highest BCUT2D eigenvalue weighted by Crippen LogP contribution is 2.22. The molecule has 1 aliphatic carbocycles. The number of aromatic nitrogens is 2. The van der Waals surface area contributed by atoms with Gasteiger partial charge in [-0.3, -0.25) is 14.4 Å². The number of likely N-dealkylation sites (N-methyl/N-ethyl adjacent to an activating group) is 1. The predicted molar refractivity (Wildman–Crippen MR) is 108 cm³/mol. The van der Waals surface area contributed by atoms with Crippen LogP contribution in [-0.4, -0.2) is 39.6 Å². The number of nitrogens with one attached hydrogen (secondary N) is 1. The largest absolute Gasteiger partial charge is 0.353 e. The van der Waals surface area contributed by atoms with E-state index in [1.54, 1.807) is 16.6 Å². The van der Waals surface area contributed by atoms with Crippen molar-refractivity contribution in [1.29, 1.82) is 0 Å². The topological polar surface area (TPSA) is 62.5 Å². The van der Waals surface area contributed by atoms with E-state index >= 15 is 0 Å². The molecule has 0 unspecified atom stereocenters. The molecule has 1 aromatic heterocycles. The summed E-state index contributed by atoms with van der Waals surface area (Å²) in [6.45, 7) is 0. The Hall–Kier alpha value is -2.63. The van der Waals surface area contributed by atoms with Gasteiger partial charge in [0.2, 0.25) is 5.96 Å². The molecule has 1 saturated carbocycles.